The Morgan fingerprint density at radius 3 is 2.68 bits per heavy atom. The highest BCUT2D eigenvalue weighted by Gasteiger charge is 2.23. The Labute approximate surface area is 115 Å². The maximum atomic E-state index is 12.3. The van der Waals surface area contributed by atoms with Crippen molar-refractivity contribution in [3.63, 3.8) is 0 Å². The topological polar surface area (TPSA) is 66.6 Å². The number of aromatic nitrogens is 2. The summed E-state index contributed by atoms with van der Waals surface area (Å²) in [5.41, 5.74) is 0.953. The van der Waals surface area contributed by atoms with Crippen molar-refractivity contribution < 1.29 is 4.79 Å². The molecular weight excluding hydrogens is 258 g/mol. The molecule has 0 aliphatic carbocycles. The van der Waals surface area contributed by atoms with Gasteiger partial charge < -0.3 is 0 Å². The van der Waals surface area contributed by atoms with Crippen LogP contribution in [0.1, 0.15) is 22.0 Å². The van der Waals surface area contributed by atoms with E-state index < -0.39 is 5.92 Å². The molecule has 1 heterocycles. The van der Waals surface area contributed by atoms with Gasteiger partial charge in [-0.05, 0) is 12.3 Å². The minimum Gasteiger partial charge on any atom is -0.292 e. The first-order valence-corrected chi connectivity index (χ1v) is 6.84. The molecule has 0 N–H and O–H groups in total. The van der Waals surface area contributed by atoms with Crippen molar-refractivity contribution >= 4 is 17.5 Å². The van der Waals surface area contributed by atoms with Gasteiger partial charge in [0.25, 0.3) is 0 Å². The van der Waals surface area contributed by atoms with E-state index in [0.717, 1.165) is 0 Å². The Bertz CT molecular complexity index is 622. The number of Topliss-reactive ketones (excluding diaryl/α,β-unsaturated/α-hetero) is 1. The first-order valence-electron chi connectivity index (χ1n) is 5.62. The Morgan fingerprint density at radius 1 is 1.32 bits per heavy atom. The second-order valence-electron chi connectivity index (χ2n) is 3.76. The van der Waals surface area contributed by atoms with Gasteiger partial charge in [0, 0.05) is 11.8 Å². The maximum absolute atomic E-state index is 12.3. The van der Waals surface area contributed by atoms with Gasteiger partial charge in [0.05, 0.1) is 11.8 Å². The molecular formula is C14H11N3OS. The zero-order valence-corrected chi connectivity index (χ0v) is 11.1. The summed E-state index contributed by atoms with van der Waals surface area (Å²) in [5.74, 6) is -1.13. The molecule has 1 aromatic carbocycles. The number of rotatable bonds is 4. The summed E-state index contributed by atoms with van der Waals surface area (Å²) in [7, 11) is 0. The van der Waals surface area contributed by atoms with Crippen molar-refractivity contribution in [2.45, 2.75) is 11.1 Å². The summed E-state index contributed by atoms with van der Waals surface area (Å²) >= 11 is 1.38. The predicted octanol–water partition coefficient (Wildman–Crippen LogP) is 2.69. The fourth-order valence-electron chi connectivity index (χ4n) is 1.64. The van der Waals surface area contributed by atoms with Gasteiger partial charge in [-0.1, -0.05) is 42.1 Å². The van der Waals surface area contributed by atoms with Crippen molar-refractivity contribution in [1.29, 1.82) is 5.26 Å². The number of nitriles is 1. The Kier molecular flexibility index (Phi) is 4.26. The highest BCUT2D eigenvalue weighted by atomic mass is 32.2. The quantitative estimate of drug-likeness (QED) is 0.485. The van der Waals surface area contributed by atoms with Crippen LogP contribution in [-0.2, 0) is 0 Å². The van der Waals surface area contributed by atoms with Crippen LogP contribution < -0.4 is 0 Å². The summed E-state index contributed by atoms with van der Waals surface area (Å²) in [4.78, 5) is 20.5. The largest absolute Gasteiger partial charge is 0.292 e. The molecule has 1 unspecified atom stereocenters. The third-order valence-corrected chi connectivity index (χ3v) is 3.14. The van der Waals surface area contributed by atoms with Crippen LogP contribution in [0.2, 0.25) is 0 Å². The lowest BCUT2D eigenvalue weighted by Gasteiger charge is -2.08. The number of nitrogens with zero attached hydrogens (tertiary/aromatic N) is 3. The third kappa shape index (κ3) is 2.98. The molecule has 0 radical (unpaired) electrons. The molecule has 0 fully saturated rings. The van der Waals surface area contributed by atoms with E-state index in [1.165, 1.54) is 11.8 Å². The minimum absolute atomic E-state index is 0.242. The summed E-state index contributed by atoms with van der Waals surface area (Å²) in [6, 6.07) is 12.4. The molecule has 94 valence electrons. The molecule has 0 aliphatic rings. The van der Waals surface area contributed by atoms with Gasteiger partial charge in [-0.2, -0.15) is 5.26 Å². The molecule has 0 saturated heterocycles. The van der Waals surface area contributed by atoms with Gasteiger partial charge in [-0.3, -0.25) is 4.79 Å². The number of hydrogen-bond donors (Lipinski definition) is 0. The van der Waals surface area contributed by atoms with Gasteiger partial charge in [-0.25, -0.2) is 9.97 Å². The van der Waals surface area contributed by atoms with Crippen LogP contribution in [-0.4, -0.2) is 22.0 Å². The second kappa shape index (κ2) is 6.12. The van der Waals surface area contributed by atoms with Crippen molar-refractivity contribution in [3.8, 4) is 6.07 Å². The number of ketones is 1. The minimum atomic E-state index is -0.892. The SMILES string of the molecule is CSc1nccc(C(C#N)C(=O)c2ccccc2)n1. The fraction of sp³-hybridized carbons (Fsp3) is 0.143. The Morgan fingerprint density at radius 2 is 2.05 bits per heavy atom. The zero-order valence-electron chi connectivity index (χ0n) is 10.3. The van der Waals surface area contributed by atoms with E-state index in [4.69, 9.17) is 0 Å². The van der Waals surface area contributed by atoms with Crippen LogP contribution in [0, 0.1) is 11.3 Å². The highest BCUT2D eigenvalue weighted by Crippen LogP contribution is 2.20. The fourth-order valence-corrected chi connectivity index (χ4v) is 2.00. The number of carbonyl (C=O) groups is 1. The van der Waals surface area contributed by atoms with E-state index in [1.54, 1.807) is 36.5 Å². The lowest BCUT2D eigenvalue weighted by atomic mass is 9.96. The molecule has 0 aliphatic heterocycles. The highest BCUT2D eigenvalue weighted by molar-refractivity contribution is 7.98. The molecule has 2 aromatic rings. The van der Waals surface area contributed by atoms with E-state index in [9.17, 15) is 10.1 Å². The van der Waals surface area contributed by atoms with Crippen LogP contribution in [0.5, 0.6) is 0 Å². The van der Waals surface area contributed by atoms with E-state index >= 15 is 0 Å². The molecule has 0 amide bonds. The molecule has 0 saturated carbocycles. The number of carbonyl (C=O) groups excluding carboxylic acids is 1. The van der Waals surface area contributed by atoms with Gasteiger partial charge in [-0.15, -0.1) is 0 Å². The molecule has 1 aromatic heterocycles. The number of thioether (sulfide) groups is 1. The number of benzene rings is 1. The van der Waals surface area contributed by atoms with E-state index in [2.05, 4.69) is 9.97 Å². The lowest BCUT2D eigenvalue weighted by molar-refractivity contribution is 0.0977. The Hall–Kier alpha value is -2.19. The molecule has 2 rings (SSSR count). The van der Waals surface area contributed by atoms with Crippen LogP contribution in [0.4, 0.5) is 0 Å². The molecule has 0 spiro atoms. The lowest BCUT2D eigenvalue weighted by Crippen LogP contribution is -2.13. The summed E-state index contributed by atoms with van der Waals surface area (Å²) in [5, 5.41) is 9.79. The van der Waals surface area contributed by atoms with Gasteiger partial charge in [0.15, 0.2) is 16.9 Å². The second-order valence-corrected chi connectivity index (χ2v) is 4.53. The van der Waals surface area contributed by atoms with Crippen molar-refractivity contribution in [2.24, 2.45) is 0 Å². The molecule has 1 atom stereocenters. The first-order chi connectivity index (χ1) is 9.26. The monoisotopic (exact) mass is 269 g/mol. The molecule has 4 nitrogen and oxygen atoms in total. The molecule has 0 bridgehead atoms. The molecule has 19 heavy (non-hydrogen) atoms. The van der Waals surface area contributed by atoms with Gasteiger partial charge >= 0.3 is 0 Å². The average Bonchev–Trinajstić information content (AvgIpc) is 2.49. The third-order valence-electron chi connectivity index (χ3n) is 2.58. The van der Waals surface area contributed by atoms with Gasteiger partial charge in [0.2, 0.25) is 0 Å². The summed E-state index contributed by atoms with van der Waals surface area (Å²) in [6.45, 7) is 0. The molecule has 5 heteroatoms. The van der Waals surface area contributed by atoms with E-state index in [1.807, 2.05) is 18.4 Å². The maximum Gasteiger partial charge on any atom is 0.187 e. The first kappa shape index (κ1) is 13.2. The average molecular weight is 269 g/mol. The van der Waals surface area contributed by atoms with E-state index in [-0.39, 0.29) is 5.78 Å². The van der Waals surface area contributed by atoms with Gasteiger partial charge in [0.1, 0.15) is 0 Å². The smallest absolute Gasteiger partial charge is 0.187 e. The van der Waals surface area contributed by atoms with Crippen LogP contribution in [0.25, 0.3) is 0 Å². The predicted molar refractivity (Wildman–Crippen MR) is 72.9 cm³/mol. The van der Waals surface area contributed by atoms with Crippen LogP contribution in [0.15, 0.2) is 47.8 Å². The standard InChI is InChI=1S/C14H11N3OS/c1-19-14-16-8-7-12(17-14)11(9-15)13(18)10-5-3-2-4-6-10/h2-8,11H,1H3. The number of hydrogen-bond acceptors (Lipinski definition) is 5. The van der Waals surface area contributed by atoms with E-state index in [0.29, 0.717) is 16.4 Å². The zero-order chi connectivity index (χ0) is 13.7. The van der Waals surface area contributed by atoms with Crippen molar-refractivity contribution in [2.75, 3.05) is 6.26 Å². The van der Waals surface area contributed by atoms with Crippen LogP contribution >= 0.6 is 11.8 Å². The summed E-state index contributed by atoms with van der Waals surface area (Å²) < 4.78 is 0. The van der Waals surface area contributed by atoms with Crippen molar-refractivity contribution in [3.05, 3.63) is 53.9 Å². The summed E-state index contributed by atoms with van der Waals surface area (Å²) in [6.07, 6.45) is 3.41. The van der Waals surface area contributed by atoms with Crippen LogP contribution in [0.3, 0.4) is 0 Å². The normalized spacial score (nSPS) is 11.6. The van der Waals surface area contributed by atoms with Crippen molar-refractivity contribution in [1.82, 2.24) is 9.97 Å². The Balaban J connectivity index is 2.35.